The molecule has 2 heterocycles. The Morgan fingerprint density at radius 2 is 2.18 bits per heavy atom. The molecule has 1 fully saturated rings. The zero-order valence-electron chi connectivity index (χ0n) is 16.8. The van der Waals surface area contributed by atoms with Crippen LogP contribution in [0.1, 0.15) is 24.1 Å². The summed E-state index contributed by atoms with van der Waals surface area (Å²) in [7, 11) is 3.58. The van der Waals surface area contributed by atoms with Crippen LogP contribution >= 0.6 is 0 Å². The Kier molecular flexibility index (Phi) is 7.23. The van der Waals surface area contributed by atoms with E-state index in [0.29, 0.717) is 18.2 Å². The van der Waals surface area contributed by atoms with Crippen molar-refractivity contribution in [3.8, 4) is 5.75 Å². The highest BCUT2D eigenvalue weighted by atomic mass is 19.1. The van der Waals surface area contributed by atoms with Crippen molar-refractivity contribution >= 4 is 0 Å². The van der Waals surface area contributed by atoms with Gasteiger partial charge in [-0.25, -0.2) is 4.39 Å². The lowest BCUT2D eigenvalue weighted by Crippen LogP contribution is -2.41. The summed E-state index contributed by atoms with van der Waals surface area (Å²) in [5, 5.41) is 0. The summed E-state index contributed by atoms with van der Waals surface area (Å²) in [6.07, 6.45) is 4.76. The molecule has 1 aromatic heterocycles. The van der Waals surface area contributed by atoms with Crippen molar-refractivity contribution in [3.63, 3.8) is 0 Å². The number of benzene rings is 1. The lowest BCUT2D eigenvalue weighted by atomic mass is 9.97. The largest absolute Gasteiger partial charge is 0.491 e. The monoisotopic (exact) mass is 387 g/mol. The average molecular weight is 387 g/mol. The average Bonchev–Trinajstić information content (AvgIpc) is 2.68. The second kappa shape index (κ2) is 9.85. The van der Waals surface area contributed by atoms with Gasteiger partial charge >= 0.3 is 0 Å². The predicted molar refractivity (Wildman–Crippen MR) is 109 cm³/mol. The number of nitrogens with zero attached hydrogens (tertiary/aromatic N) is 2. The Balaban J connectivity index is 1.48. The maximum absolute atomic E-state index is 13.8. The minimum absolute atomic E-state index is 0.0957. The summed E-state index contributed by atoms with van der Waals surface area (Å²) in [5.41, 5.74) is 1.59. The summed E-state index contributed by atoms with van der Waals surface area (Å²) in [5.74, 6) is 0.817. The summed E-state index contributed by atoms with van der Waals surface area (Å²) in [6.45, 7) is 4.69. The van der Waals surface area contributed by atoms with Gasteiger partial charge in [0.15, 0.2) is 5.75 Å². The summed E-state index contributed by atoms with van der Waals surface area (Å²) in [4.78, 5) is 19.7. The summed E-state index contributed by atoms with van der Waals surface area (Å²) < 4.78 is 18.8. The number of aromatic amines is 1. The van der Waals surface area contributed by atoms with E-state index < -0.39 is 0 Å². The van der Waals surface area contributed by atoms with Crippen LogP contribution in [0.4, 0.5) is 4.39 Å². The second-order valence-corrected chi connectivity index (χ2v) is 7.74. The maximum Gasteiger partial charge on any atom is 0.223 e. The minimum Gasteiger partial charge on any atom is -0.491 e. The summed E-state index contributed by atoms with van der Waals surface area (Å²) >= 11 is 0. The van der Waals surface area contributed by atoms with Crippen LogP contribution in [0, 0.1) is 11.7 Å². The lowest BCUT2D eigenvalue weighted by molar-refractivity contribution is 0.141. The SMILES string of the molecule is COc1c[nH]c(CN(C)C[C@@H]2CCCN(CCc3ccccc3F)C2)cc1=O. The minimum atomic E-state index is -0.107. The highest BCUT2D eigenvalue weighted by molar-refractivity contribution is 5.20. The Morgan fingerprint density at radius 3 is 2.93 bits per heavy atom. The van der Waals surface area contributed by atoms with E-state index in [1.807, 2.05) is 12.1 Å². The molecule has 1 aliphatic rings. The molecule has 28 heavy (non-hydrogen) atoms. The van der Waals surface area contributed by atoms with Crippen LogP contribution in [-0.4, -0.2) is 55.1 Å². The molecule has 1 saturated heterocycles. The third-order valence-corrected chi connectivity index (χ3v) is 5.43. The number of ether oxygens (including phenoxy) is 1. The second-order valence-electron chi connectivity index (χ2n) is 7.74. The molecule has 1 aromatic carbocycles. The molecule has 152 valence electrons. The first-order valence-electron chi connectivity index (χ1n) is 9.95. The number of hydrogen-bond donors (Lipinski definition) is 1. The van der Waals surface area contributed by atoms with Gasteiger partial charge in [-0.15, -0.1) is 0 Å². The van der Waals surface area contributed by atoms with Gasteiger partial charge in [-0.1, -0.05) is 18.2 Å². The van der Waals surface area contributed by atoms with Gasteiger partial charge in [0.2, 0.25) is 5.43 Å². The normalized spacial score (nSPS) is 17.8. The molecule has 0 aliphatic carbocycles. The van der Waals surface area contributed by atoms with Crippen molar-refractivity contribution in [1.82, 2.24) is 14.8 Å². The van der Waals surface area contributed by atoms with Gasteiger partial charge < -0.3 is 19.5 Å². The van der Waals surface area contributed by atoms with Gasteiger partial charge in [-0.3, -0.25) is 4.79 Å². The zero-order chi connectivity index (χ0) is 19.9. The first-order chi connectivity index (χ1) is 13.5. The number of piperidine rings is 1. The molecule has 2 aromatic rings. The van der Waals surface area contributed by atoms with E-state index in [0.717, 1.165) is 43.9 Å². The fourth-order valence-electron chi connectivity index (χ4n) is 4.03. The van der Waals surface area contributed by atoms with Crippen molar-refractivity contribution in [2.45, 2.75) is 25.8 Å². The maximum atomic E-state index is 13.8. The Labute approximate surface area is 166 Å². The lowest BCUT2D eigenvalue weighted by Gasteiger charge is -2.34. The fourth-order valence-corrected chi connectivity index (χ4v) is 4.03. The van der Waals surface area contributed by atoms with E-state index in [9.17, 15) is 9.18 Å². The van der Waals surface area contributed by atoms with E-state index in [1.165, 1.54) is 26.0 Å². The van der Waals surface area contributed by atoms with Gasteiger partial charge in [0.05, 0.1) is 7.11 Å². The Morgan fingerprint density at radius 1 is 1.36 bits per heavy atom. The number of hydrogen-bond acceptors (Lipinski definition) is 4. The number of halogens is 1. The number of pyridine rings is 1. The van der Waals surface area contributed by atoms with Gasteiger partial charge in [0, 0.05) is 44.1 Å². The Hall–Kier alpha value is -2.18. The molecule has 1 aliphatic heterocycles. The van der Waals surface area contributed by atoms with Crippen molar-refractivity contribution in [2.75, 3.05) is 40.3 Å². The van der Waals surface area contributed by atoms with Crippen LogP contribution in [-0.2, 0) is 13.0 Å². The van der Waals surface area contributed by atoms with Crippen molar-refractivity contribution in [3.05, 3.63) is 63.8 Å². The highest BCUT2D eigenvalue weighted by Crippen LogP contribution is 2.19. The van der Waals surface area contributed by atoms with Gasteiger partial charge in [-0.2, -0.15) is 0 Å². The first kappa shape index (κ1) is 20.6. The van der Waals surface area contributed by atoms with Crippen LogP contribution in [0.3, 0.4) is 0 Å². The van der Waals surface area contributed by atoms with E-state index in [2.05, 4.69) is 21.8 Å². The number of H-pyrrole nitrogens is 1. The quantitative estimate of drug-likeness (QED) is 0.757. The molecule has 0 saturated carbocycles. The summed E-state index contributed by atoms with van der Waals surface area (Å²) in [6, 6.07) is 8.65. The van der Waals surface area contributed by atoms with Gasteiger partial charge in [0.1, 0.15) is 5.82 Å². The number of methoxy groups -OCH3 is 1. The molecule has 0 amide bonds. The predicted octanol–water partition coefficient (Wildman–Crippen LogP) is 2.91. The molecule has 0 bridgehead atoms. The third-order valence-electron chi connectivity index (χ3n) is 5.43. The number of nitrogens with one attached hydrogen (secondary N) is 1. The van der Waals surface area contributed by atoms with E-state index in [1.54, 1.807) is 18.3 Å². The van der Waals surface area contributed by atoms with Crippen LogP contribution in [0.2, 0.25) is 0 Å². The molecule has 1 N–H and O–H groups in total. The number of aromatic nitrogens is 1. The first-order valence-corrected chi connectivity index (χ1v) is 9.95. The number of likely N-dealkylation sites (tertiary alicyclic amines) is 1. The standard InChI is InChI=1S/C22H30FN3O2/c1-25(16-19-12-21(27)22(28-2)13-24-19)14-17-6-5-10-26(15-17)11-9-18-7-3-4-8-20(18)23/h3-4,7-8,12-13,17H,5-6,9-11,14-16H2,1-2H3,(H,24,27)/t17-/m0/s1. The van der Waals surface area contributed by atoms with Crippen LogP contribution in [0.15, 0.2) is 41.3 Å². The van der Waals surface area contributed by atoms with Crippen molar-refractivity contribution in [1.29, 1.82) is 0 Å². The van der Waals surface area contributed by atoms with Gasteiger partial charge in [0.25, 0.3) is 0 Å². The van der Waals surface area contributed by atoms with Crippen molar-refractivity contribution < 1.29 is 9.13 Å². The molecule has 1 atom stereocenters. The van der Waals surface area contributed by atoms with E-state index in [4.69, 9.17) is 4.74 Å². The van der Waals surface area contributed by atoms with Gasteiger partial charge in [-0.05, 0) is 50.4 Å². The zero-order valence-corrected chi connectivity index (χ0v) is 16.8. The third kappa shape index (κ3) is 5.66. The molecule has 0 radical (unpaired) electrons. The van der Waals surface area contributed by atoms with Crippen LogP contribution in [0.25, 0.3) is 0 Å². The molecule has 0 spiro atoms. The van der Waals surface area contributed by atoms with Crippen LogP contribution in [0.5, 0.6) is 5.75 Å². The van der Waals surface area contributed by atoms with Crippen molar-refractivity contribution in [2.24, 2.45) is 5.92 Å². The molecule has 0 unspecified atom stereocenters. The smallest absolute Gasteiger partial charge is 0.223 e. The highest BCUT2D eigenvalue weighted by Gasteiger charge is 2.21. The van der Waals surface area contributed by atoms with E-state index >= 15 is 0 Å². The molecule has 5 nitrogen and oxygen atoms in total. The Bertz CT molecular complexity index is 823. The molecular formula is C22H30FN3O2. The molecule has 6 heteroatoms. The molecular weight excluding hydrogens is 357 g/mol. The molecule has 3 rings (SSSR count). The topological polar surface area (TPSA) is 48.6 Å². The van der Waals surface area contributed by atoms with E-state index in [-0.39, 0.29) is 11.2 Å². The van der Waals surface area contributed by atoms with Crippen LogP contribution < -0.4 is 10.2 Å². The fraction of sp³-hybridized carbons (Fsp3) is 0.500. The number of rotatable bonds is 8.